The lowest BCUT2D eigenvalue weighted by molar-refractivity contribution is 0.472. The highest BCUT2D eigenvalue weighted by molar-refractivity contribution is 7.80. The van der Waals surface area contributed by atoms with Gasteiger partial charge >= 0.3 is 0 Å². The molecule has 2 N–H and O–H groups in total. The van der Waals surface area contributed by atoms with E-state index in [2.05, 4.69) is 4.98 Å². The van der Waals surface area contributed by atoms with Crippen molar-refractivity contribution in [1.29, 1.82) is 0 Å². The van der Waals surface area contributed by atoms with Crippen LogP contribution < -0.4 is 10.5 Å². The predicted molar refractivity (Wildman–Crippen MR) is 80.8 cm³/mol. The molecule has 0 amide bonds. The van der Waals surface area contributed by atoms with Gasteiger partial charge in [0, 0.05) is 5.69 Å². The Balaban J connectivity index is 2.39. The normalized spacial score (nSPS) is 10.2. The van der Waals surface area contributed by atoms with Gasteiger partial charge in [0.15, 0.2) is 0 Å². The molecule has 0 fully saturated rings. The van der Waals surface area contributed by atoms with Crippen LogP contribution in [-0.2, 0) is 6.42 Å². The molecule has 0 bridgehead atoms. The second kappa shape index (κ2) is 5.80. The van der Waals surface area contributed by atoms with Crippen LogP contribution in [-0.4, -0.2) is 9.97 Å². The number of pyridine rings is 1. The Morgan fingerprint density at radius 3 is 2.63 bits per heavy atom. The first-order chi connectivity index (χ1) is 9.11. The minimum absolute atomic E-state index is 0.328. The van der Waals surface area contributed by atoms with Crippen LogP contribution in [0.15, 0.2) is 36.4 Å². The fraction of sp³-hybridized carbons (Fsp3) is 0.200. The summed E-state index contributed by atoms with van der Waals surface area (Å²) < 4.78 is 5.92. The molecule has 0 atom stereocenters. The molecule has 0 saturated heterocycles. The molecule has 1 heterocycles. The van der Waals surface area contributed by atoms with Crippen LogP contribution in [0.5, 0.6) is 11.5 Å². The van der Waals surface area contributed by atoms with Gasteiger partial charge < -0.3 is 10.5 Å². The van der Waals surface area contributed by atoms with Gasteiger partial charge in [-0.15, -0.1) is 0 Å². The number of rotatable bonds is 4. The molecule has 1 aromatic carbocycles. The summed E-state index contributed by atoms with van der Waals surface area (Å²) in [6, 6.07) is 11.3. The predicted octanol–water partition coefficient (Wildman–Crippen LogP) is 3.38. The van der Waals surface area contributed by atoms with Crippen LogP contribution in [0.25, 0.3) is 0 Å². The smallest absolute Gasteiger partial charge is 0.148 e. The average molecular weight is 272 g/mol. The zero-order valence-electron chi connectivity index (χ0n) is 11.0. The van der Waals surface area contributed by atoms with Crippen molar-refractivity contribution in [3.63, 3.8) is 0 Å². The van der Waals surface area contributed by atoms with E-state index in [1.165, 1.54) is 0 Å². The highest BCUT2D eigenvalue weighted by atomic mass is 32.1. The van der Waals surface area contributed by atoms with Gasteiger partial charge in [0.2, 0.25) is 0 Å². The second-order valence-electron chi connectivity index (χ2n) is 4.21. The van der Waals surface area contributed by atoms with Gasteiger partial charge in [0.1, 0.15) is 16.5 Å². The zero-order chi connectivity index (χ0) is 13.8. The van der Waals surface area contributed by atoms with E-state index < -0.39 is 0 Å². The molecule has 3 nitrogen and oxygen atoms in total. The fourth-order valence-corrected chi connectivity index (χ4v) is 1.99. The van der Waals surface area contributed by atoms with E-state index in [4.69, 9.17) is 22.7 Å². The molecule has 19 heavy (non-hydrogen) atoms. The highest BCUT2D eigenvalue weighted by Gasteiger charge is 2.10. The number of thiocarbonyl (C=S) groups is 1. The monoisotopic (exact) mass is 272 g/mol. The average Bonchev–Trinajstić information content (AvgIpc) is 2.41. The molecular formula is C15H16N2OS. The summed E-state index contributed by atoms with van der Waals surface area (Å²) in [4.78, 5) is 4.80. The maximum atomic E-state index is 5.92. The van der Waals surface area contributed by atoms with Gasteiger partial charge in [-0.2, -0.15) is 0 Å². The number of aryl methyl sites for hydroxylation is 2. The molecule has 0 radical (unpaired) electrons. The SMILES string of the molecule is CCc1nc(C)ccc1Oc1ccccc1C(N)=S. The van der Waals surface area contributed by atoms with Crippen molar-refractivity contribution in [2.45, 2.75) is 20.3 Å². The lowest BCUT2D eigenvalue weighted by Crippen LogP contribution is -2.10. The summed E-state index contributed by atoms with van der Waals surface area (Å²) in [5.74, 6) is 1.41. The number of para-hydroxylation sites is 1. The molecule has 4 heteroatoms. The molecule has 2 rings (SSSR count). The lowest BCUT2D eigenvalue weighted by Gasteiger charge is -2.12. The van der Waals surface area contributed by atoms with Gasteiger partial charge in [-0.25, -0.2) is 0 Å². The second-order valence-corrected chi connectivity index (χ2v) is 4.65. The molecule has 0 spiro atoms. The van der Waals surface area contributed by atoms with E-state index in [1.807, 2.05) is 50.2 Å². The standard InChI is InChI=1S/C15H16N2OS/c1-3-12-14(9-8-10(2)17-12)18-13-7-5-4-6-11(13)15(16)19/h4-9H,3H2,1-2H3,(H2,16,19). The summed E-state index contributed by atoms with van der Waals surface area (Å²) >= 11 is 5.03. The van der Waals surface area contributed by atoms with Crippen molar-refractivity contribution in [2.24, 2.45) is 5.73 Å². The summed E-state index contributed by atoms with van der Waals surface area (Å²) in [7, 11) is 0. The maximum Gasteiger partial charge on any atom is 0.148 e. The van der Waals surface area contributed by atoms with E-state index in [-0.39, 0.29) is 0 Å². The van der Waals surface area contributed by atoms with E-state index in [0.29, 0.717) is 10.7 Å². The number of ether oxygens (including phenoxy) is 1. The molecular weight excluding hydrogens is 256 g/mol. The van der Waals surface area contributed by atoms with Crippen LogP contribution in [0.2, 0.25) is 0 Å². The summed E-state index contributed by atoms with van der Waals surface area (Å²) in [6.07, 6.45) is 0.812. The topological polar surface area (TPSA) is 48.1 Å². The maximum absolute atomic E-state index is 5.92. The van der Waals surface area contributed by atoms with Crippen LogP contribution in [0.1, 0.15) is 23.9 Å². The quantitative estimate of drug-likeness (QED) is 0.867. The van der Waals surface area contributed by atoms with Crippen LogP contribution >= 0.6 is 12.2 Å². The Labute approximate surface area is 118 Å². The number of hydrogen-bond acceptors (Lipinski definition) is 3. The Kier molecular flexibility index (Phi) is 4.12. The van der Waals surface area contributed by atoms with Gasteiger partial charge in [-0.1, -0.05) is 31.3 Å². The molecule has 0 saturated carbocycles. The number of hydrogen-bond donors (Lipinski definition) is 1. The van der Waals surface area contributed by atoms with E-state index in [1.54, 1.807) is 0 Å². The third kappa shape index (κ3) is 3.09. The number of aromatic nitrogens is 1. The number of nitrogens with two attached hydrogens (primary N) is 1. The van der Waals surface area contributed by atoms with Crippen molar-refractivity contribution in [3.05, 3.63) is 53.3 Å². The Hall–Kier alpha value is -1.94. The first-order valence-electron chi connectivity index (χ1n) is 6.15. The van der Waals surface area contributed by atoms with Gasteiger partial charge in [0.05, 0.1) is 11.3 Å². The minimum atomic E-state index is 0.328. The van der Waals surface area contributed by atoms with Crippen molar-refractivity contribution in [2.75, 3.05) is 0 Å². The molecule has 1 aromatic heterocycles. The molecule has 0 aliphatic rings. The number of nitrogens with zero attached hydrogens (tertiary/aromatic N) is 1. The van der Waals surface area contributed by atoms with Crippen molar-refractivity contribution < 1.29 is 4.74 Å². The molecule has 98 valence electrons. The summed E-state index contributed by atoms with van der Waals surface area (Å²) in [5, 5.41) is 0. The molecule has 2 aromatic rings. The van der Waals surface area contributed by atoms with Crippen LogP contribution in [0.3, 0.4) is 0 Å². The summed E-state index contributed by atoms with van der Waals surface area (Å²) in [6.45, 7) is 4.01. The summed E-state index contributed by atoms with van der Waals surface area (Å²) in [5.41, 5.74) is 8.34. The Bertz CT molecular complexity index is 611. The van der Waals surface area contributed by atoms with Crippen molar-refractivity contribution >= 4 is 17.2 Å². The van der Waals surface area contributed by atoms with Gasteiger partial charge in [0.25, 0.3) is 0 Å². The lowest BCUT2D eigenvalue weighted by atomic mass is 10.2. The van der Waals surface area contributed by atoms with E-state index in [0.717, 1.165) is 29.1 Å². The van der Waals surface area contributed by atoms with E-state index in [9.17, 15) is 0 Å². The number of benzene rings is 1. The van der Waals surface area contributed by atoms with Crippen LogP contribution in [0, 0.1) is 6.92 Å². The molecule has 0 aliphatic heterocycles. The van der Waals surface area contributed by atoms with Crippen LogP contribution in [0.4, 0.5) is 0 Å². The largest absolute Gasteiger partial charge is 0.455 e. The third-order valence-corrected chi connectivity index (χ3v) is 3.00. The third-order valence-electron chi connectivity index (χ3n) is 2.78. The molecule has 0 aliphatic carbocycles. The van der Waals surface area contributed by atoms with Gasteiger partial charge in [-0.3, -0.25) is 4.98 Å². The Morgan fingerprint density at radius 2 is 1.95 bits per heavy atom. The highest BCUT2D eigenvalue weighted by Crippen LogP contribution is 2.27. The van der Waals surface area contributed by atoms with Gasteiger partial charge in [-0.05, 0) is 37.6 Å². The zero-order valence-corrected chi connectivity index (χ0v) is 11.8. The molecule has 0 unspecified atom stereocenters. The van der Waals surface area contributed by atoms with Crippen molar-refractivity contribution in [3.8, 4) is 11.5 Å². The van der Waals surface area contributed by atoms with E-state index >= 15 is 0 Å². The first-order valence-corrected chi connectivity index (χ1v) is 6.56. The van der Waals surface area contributed by atoms with Crippen molar-refractivity contribution in [1.82, 2.24) is 4.98 Å². The first kappa shape index (κ1) is 13.5. The minimum Gasteiger partial charge on any atom is -0.455 e. The fourth-order valence-electron chi connectivity index (χ4n) is 1.82. The Morgan fingerprint density at radius 1 is 1.21 bits per heavy atom.